The van der Waals surface area contributed by atoms with Crippen LogP contribution >= 0.6 is 0 Å². The molecule has 2 rings (SSSR count). The van der Waals surface area contributed by atoms with Crippen molar-refractivity contribution in [1.29, 1.82) is 0 Å². The third-order valence-corrected chi connectivity index (χ3v) is 2.82. The lowest BCUT2D eigenvalue weighted by molar-refractivity contribution is -0.123. The number of ether oxygens (including phenoxy) is 1. The van der Waals surface area contributed by atoms with Gasteiger partial charge in [0.2, 0.25) is 11.8 Å². The number of hydrogen-bond donors (Lipinski definition) is 1. The van der Waals surface area contributed by atoms with Crippen LogP contribution < -0.4 is 5.32 Å². The maximum absolute atomic E-state index is 11.9. The first kappa shape index (κ1) is 15.7. The van der Waals surface area contributed by atoms with Crippen LogP contribution in [0.2, 0.25) is 0 Å². The Morgan fingerprint density at radius 1 is 1.41 bits per heavy atom. The molecular weight excluding hydrogens is 288 g/mol. The van der Waals surface area contributed by atoms with Gasteiger partial charge in [-0.1, -0.05) is 20.8 Å². The summed E-state index contributed by atoms with van der Waals surface area (Å²) in [7, 11) is 1.27. The smallest absolute Gasteiger partial charge is 0.360 e. The monoisotopic (exact) mass is 306 g/mol. The number of carbonyl (C=O) groups is 2. The van der Waals surface area contributed by atoms with Gasteiger partial charge in [-0.25, -0.2) is 9.78 Å². The highest BCUT2D eigenvalue weighted by molar-refractivity contribution is 5.94. The van der Waals surface area contributed by atoms with Crippen molar-refractivity contribution in [2.45, 2.75) is 27.3 Å². The zero-order valence-corrected chi connectivity index (χ0v) is 12.9. The van der Waals surface area contributed by atoms with E-state index in [1.54, 1.807) is 10.9 Å². The number of nitrogens with one attached hydrogen (secondary N) is 1. The Morgan fingerprint density at radius 2 is 2.14 bits per heavy atom. The number of rotatable bonds is 4. The summed E-state index contributed by atoms with van der Waals surface area (Å²) in [6, 6.07) is 0. The first-order valence-electron chi connectivity index (χ1n) is 6.66. The number of aromatic nitrogens is 3. The summed E-state index contributed by atoms with van der Waals surface area (Å²) in [5, 5.41) is 6.88. The van der Waals surface area contributed by atoms with Crippen molar-refractivity contribution in [3.05, 3.63) is 30.2 Å². The van der Waals surface area contributed by atoms with E-state index < -0.39 is 11.4 Å². The van der Waals surface area contributed by atoms with Crippen molar-refractivity contribution in [2.75, 3.05) is 12.4 Å². The van der Waals surface area contributed by atoms with Crippen LogP contribution in [0.25, 0.3) is 0 Å². The van der Waals surface area contributed by atoms with Crippen LogP contribution in [0.3, 0.4) is 0 Å². The second-order valence-electron chi connectivity index (χ2n) is 5.75. The number of oxazole rings is 1. The standard InChI is InChI=1S/C14H18N4O4/c1-14(2,3)13(20)16-9-5-15-18(6-9)7-11-17-10(8-22-11)12(19)21-4/h5-6,8H,7H2,1-4H3,(H,16,20). The highest BCUT2D eigenvalue weighted by Crippen LogP contribution is 2.17. The fourth-order valence-corrected chi connectivity index (χ4v) is 1.55. The third kappa shape index (κ3) is 3.72. The molecule has 0 spiro atoms. The lowest BCUT2D eigenvalue weighted by Gasteiger charge is -2.16. The number of anilines is 1. The molecule has 1 N–H and O–H groups in total. The van der Waals surface area contributed by atoms with Gasteiger partial charge in [0, 0.05) is 11.6 Å². The molecule has 22 heavy (non-hydrogen) atoms. The van der Waals surface area contributed by atoms with Gasteiger partial charge < -0.3 is 14.5 Å². The molecule has 0 aliphatic heterocycles. The minimum absolute atomic E-state index is 0.101. The largest absolute Gasteiger partial charge is 0.464 e. The maximum Gasteiger partial charge on any atom is 0.360 e. The normalized spacial score (nSPS) is 11.3. The number of carbonyl (C=O) groups excluding carboxylic acids is 2. The van der Waals surface area contributed by atoms with Crippen LogP contribution in [-0.4, -0.2) is 33.8 Å². The molecule has 0 atom stereocenters. The second-order valence-corrected chi connectivity index (χ2v) is 5.75. The quantitative estimate of drug-likeness (QED) is 0.863. The van der Waals surface area contributed by atoms with Crippen LogP contribution in [0, 0.1) is 5.41 Å². The fraction of sp³-hybridized carbons (Fsp3) is 0.429. The molecule has 0 radical (unpaired) electrons. The van der Waals surface area contributed by atoms with Crippen molar-refractivity contribution in [1.82, 2.24) is 14.8 Å². The van der Waals surface area contributed by atoms with Crippen LogP contribution in [0.5, 0.6) is 0 Å². The van der Waals surface area contributed by atoms with E-state index in [1.807, 2.05) is 20.8 Å². The van der Waals surface area contributed by atoms with Crippen molar-refractivity contribution in [3.8, 4) is 0 Å². The third-order valence-electron chi connectivity index (χ3n) is 2.82. The molecule has 0 bridgehead atoms. The first-order valence-corrected chi connectivity index (χ1v) is 6.66. The van der Waals surface area contributed by atoms with Crippen LogP contribution in [0.15, 0.2) is 23.1 Å². The van der Waals surface area contributed by atoms with Gasteiger partial charge in [0.15, 0.2) is 5.69 Å². The maximum atomic E-state index is 11.9. The van der Waals surface area contributed by atoms with Crippen molar-refractivity contribution >= 4 is 17.6 Å². The van der Waals surface area contributed by atoms with Gasteiger partial charge >= 0.3 is 5.97 Å². The molecule has 0 saturated heterocycles. The molecule has 0 fully saturated rings. The topological polar surface area (TPSA) is 99.2 Å². The molecule has 2 heterocycles. The summed E-state index contributed by atoms with van der Waals surface area (Å²) in [5.74, 6) is -0.345. The van der Waals surface area contributed by atoms with E-state index in [0.29, 0.717) is 11.6 Å². The van der Waals surface area contributed by atoms with Crippen molar-refractivity contribution < 1.29 is 18.7 Å². The van der Waals surface area contributed by atoms with Gasteiger partial charge in [-0.2, -0.15) is 5.10 Å². The van der Waals surface area contributed by atoms with Gasteiger partial charge in [-0.3, -0.25) is 9.48 Å². The lowest BCUT2D eigenvalue weighted by atomic mass is 9.96. The highest BCUT2D eigenvalue weighted by Gasteiger charge is 2.21. The molecule has 0 aliphatic carbocycles. The van der Waals surface area contributed by atoms with E-state index in [1.165, 1.54) is 19.6 Å². The minimum Gasteiger partial charge on any atom is -0.464 e. The Kier molecular flexibility index (Phi) is 4.30. The first-order chi connectivity index (χ1) is 10.3. The zero-order valence-electron chi connectivity index (χ0n) is 12.9. The van der Waals surface area contributed by atoms with E-state index >= 15 is 0 Å². The van der Waals surface area contributed by atoms with E-state index in [2.05, 4.69) is 20.1 Å². The number of hydrogen-bond acceptors (Lipinski definition) is 6. The molecule has 0 saturated carbocycles. The molecule has 118 valence electrons. The fourth-order valence-electron chi connectivity index (χ4n) is 1.55. The Labute approximate surface area is 127 Å². The van der Waals surface area contributed by atoms with Crippen molar-refractivity contribution in [3.63, 3.8) is 0 Å². The van der Waals surface area contributed by atoms with E-state index in [4.69, 9.17) is 4.42 Å². The lowest BCUT2D eigenvalue weighted by Crippen LogP contribution is -2.27. The summed E-state index contributed by atoms with van der Waals surface area (Å²) in [6.07, 6.45) is 4.42. The molecule has 1 amide bonds. The van der Waals surface area contributed by atoms with Crippen LogP contribution in [0.1, 0.15) is 37.2 Å². The van der Waals surface area contributed by atoms with Gasteiger partial charge in [0.25, 0.3) is 0 Å². The molecule has 8 nitrogen and oxygen atoms in total. The number of esters is 1. The predicted octanol–water partition coefficient (Wildman–Crippen LogP) is 1.69. The molecule has 0 unspecified atom stereocenters. The SMILES string of the molecule is COC(=O)c1coc(Cn2cc(NC(=O)C(C)(C)C)cn2)n1. The summed E-state index contributed by atoms with van der Waals surface area (Å²) >= 11 is 0. The summed E-state index contributed by atoms with van der Waals surface area (Å²) < 4.78 is 11.3. The van der Waals surface area contributed by atoms with E-state index in [9.17, 15) is 9.59 Å². The Bertz CT molecular complexity index is 681. The number of nitrogens with zero attached hydrogens (tertiary/aromatic N) is 3. The van der Waals surface area contributed by atoms with Gasteiger partial charge in [-0.15, -0.1) is 0 Å². The highest BCUT2D eigenvalue weighted by atomic mass is 16.5. The summed E-state index contributed by atoms with van der Waals surface area (Å²) in [6.45, 7) is 5.72. The minimum atomic E-state index is -0.561. The predicted molar refractivity (Wildman–Crippen MR) is 77.3 cm³/mol. The molecule has 0 aromatic carbocycles. The summed E-state index contributed by atoms with van der Waals surface area (Å²) in [5.41, 5.74) is 0.200. The van der Waals surface area contributed by atoms with Crippen LogP contribution in [0.4, 0.5) is 5.69 Å². The number of methoxy groups -OCH3 is 1. The van der Waals surface area contributed by atoms with Crippen LogP contribution in [-0.2, 0) is 16.1 Å². The Morgan fingerprint density at radius 3 is 2.77 bits per heavy atom. The number of amides is 1. The molecular formula is C14H18N4O4. The molecule has 2 aromatic heterocycles. The summed E-state index contributed by atoms with van der Waals surface area (Å²) in [4.78, 5) is 27.2. The zero-order chi connectivity index (χ0) is 16.3. The average Bonchev–Trinajstić information content (AvgIpc) is 3.07. The molecule has 0 aliphatic rings. The van der Waals surface area contributed by atoms with E-state index in [0.717, 1.165) is 0 Å². The molecule has 8 heteroatoms. The Hall–Kier alpha value is -2.64. The van der Waals surface area contributed by atoms with Gasteiger partial charge in [-0.05, 0) is 0 Å². The van der Waals surface area contributed by atoms with Gasteiger partial charge in [0.05, 0.1) is 19.0 Å². The Balaban J connectivity index is 2.02. The second kappa shape index (κ2) is 6.00. The molecule has 2 aromatic rings. The van der Waals surface area contributed by atoms with Crippen molar-refractivity contribution in [2.24, 2.45) is 5.41 Å². The average molecular weight is 306 g/mol. The van der Waals surface area contributed by atoms with E-state index in [-0.39, 0.29) is 18.1 Å². The van der Waals surface area contributed by atoms with Gasteiger partial charge in [0.1, 0.15) is 12.8 Å².